The minimum absolute atomic E-state index is 0.0625. The van der Waals surface area contributed by atoms with Gasteiger partial charge in [-0.15, -0.1) is 0 Å². The average molecular weight is 523 g/mol. The van der Waals surface area contributed by atoms with Gasteiger partial charge < -0.3 is 15.1 Å². The fourth-order valence-electron chi connectivity index (χ4n) is 5.31. The molecule has 1 amide bonds. The monoisotopic (exact) mass is 522 g/mol. The summed E-state index contributed by atoms with van der Waals surface area (Å²) in [6, 6.07) is 26.4. The van der Waals surface area contributed by atoms with E-state index in [4.69, 9.17) is 11.6 Å². The second-order valence-electron chi connectivity index (χ2n) is 10.1. The van der Waals surface area contributed by atoms with E-state index in [1.54, 1.807) is 0 Å². The van der Waals surface area contributed by atoms with Gasteiger partial charge in [0.05, 0.1) is 11.4 Å². The highest BCUT2D eigenvalue weighted by atomic mass is 35.5. The van der Waals surface area contributed by atoms with Gasteiger partial charge in [0.15, 0.2) is 0 Å². The Morgan fingerprint density at radius 1 is 0.895 bits per heavy atom. The molecule has 1 fully saturated rings. The number of nitrogens with zero attached hydrogens (tertiary/aromatic N) is 3. The van der Waals surface area contributed by atoms with Crippen LogP contribution in [0.3, 0.4) is 0 Å². The third-order valence-electron chi connectivity index (χ3n) is 7.50. The molecule has 3 heterocycles. The Morgan fingerprint density at radius 3 is 2.32 bits per heavy atom. The van der Waals surface area contributed by atoms with Crippen LogP contribution < -0.4 is 5.32 Å². The van der Waals surface area contributed by atoms with Crippen molar-refractivity contribution in [3.05, 3.63) is 130 Å². The zero-order valence-electron chi connectivity index (χ0n) is 21.5. The van der Waals surface area contributed by atoms with E-state index in [9.17, 15) is 4.79 Å². The van der Waals surface area contributed by atoms with Crippen LogP contribution >= 0.6 is 11.6 Å². The van der Waals surface area contributed by atoms with E-state index >= 15 is 0 Å². The number of piperazine rings is 1. The molecule has 0 aliphatic carbocycles. The summed E-state index contributed by atoms with van der Waals surface area (Å²) in [6.07, 6.45) is 6.74. The van der Waals surface area contributed by atoms with Gasteiger partial charge in [0.2, 0.25) is 0 Å². The maximum Gasteiger partial charge on any atom is 0.253 e. The van der Waals surface area contributed by atoms with Gasteiger partial charge in [-0.2, -0.15) is 0 Å². The Bertz CT molecular complexity index is 1400. The van der Waals surface area contributed by atoms with Gasteiger partial charge in [-0.1, -0.05) is 77.8 Å². The van der Waals surface area contributed by atoms with Gasteiger partial charge in [-0.05, 0) is 54.0 Å². The Kier molecular flexibility index (Phi) is 6.79. The SMILES string of the molecule is Cc1ccc(C(=O)N2CCN(CC3=C(c4ccc(Cl)cc4)NC4C=CC(c5ccccc5)=CN34)CC2)cc1. The highest BCUT2D eigenvalue weighted by Crippen LogP contribution is 2.34. The topological polar surface area (TPSA) is 38.8 Å². The summed E-state index contributed by atoms with van der Waals surface area (Å²) < 4.78 is 0. The largest absolute Gasteiger partial charge is 0.360 e. The van der Waals surface area contributed by atoms with Gasteiger partial charge in [-0.3, -0.25) is 9.69 Å². The molecule has 1 saturated heterocycles. The van der Waals surface area contributed by atoms with Crippen molar-refractivity contribution in [3.8, 4) is 0 Å². The molecular formula is C32H31ClN4O. The molecule has 3 aliphatic rings. The number of allylic oxidation sites excluding steroid dienone is 2. The van der Waals surface area contributed by atoms with Crippen molar-refractivity contribution < 1.29 is 4.79 Å². The lowest BCUT2D eigenvalue weighted by molar-refractivity contribution is 0.0642. The Labute approximate surface area is 229 Å². The molecule has 1 unspecified atom stereocenters. The van der Waals surface area contributed by atoms with Crippen molar-refractivity contribution in [2.75, 3.05) is 32.7 Å². The standard InChI is InChI=1S/C32H31ClN4O/c1-23-7-9-26(10-8-23)32(38)36-19-17-35(18-20-36)22-29-31(25-11-14-28(33)15-12-25)34-30-16-13-27(21-37(29)30)24-5-3-2-4-6-24/h2-16,21,30,34H,17-20,22H2,1H3. The van der Waals surface area contributed by atoms with Crippen LogP contribution in [0.1, 0.15) is 27.0 Å². The Hall–Kier alpha value is -3.80. The maximum atomic E-state index is 13.0. The minimum Gasteiger partial charge on any atom is -0.360 e. The molecule has 0 aromatic heterocycles. The number of carbonyl (C=O) groups is 1. The van der Waals surface area contributed by atoms with Gasteiger partial charge >= 0.3 is 0 Å². The lowest BCUT2D eigenvalue weighted by Gasteiger charge is -2.36. The molecule has 3 aromatic carbocycles. The number of benzene rings is 3. The van der Waals surface area contributed by atoms with Crippen molar-refractivity contribution in [1.82, 2.24) is 20.0 Å². The number of hydrogen-bond donors (Lipinski definition) is 1. The molecule has 6 rings (SSSR count). The van der Waals surface area contributed by atoms with Crippen molar-refractivity contribution >= 4 is 28.8 Å². The van der Waals surface area contributed by atoms with Crippen LogP contribution in [0.4, 0.5) is 0 Å². The van der Waals surface area contributed by atoms with Crippen LogP contribution in [0.2, 0.25) is 5.02 Å². The number of carbonyl (C=O) groups excluding carboxylic acids is 1. The van der Waals surface area contributed by atoms with Gasteiger partial charge in [0, 0.05) is 49.5 Å². The fraction of sp³-hybridized carbons (Fsp3) is 0.219. The molecule has 0 saturated carbocycles. The van der Waals surface area contributed by atoms with E-state index in [1.807, 2.05) is 54.3 Å². The smallest absolute Gasteiger partial charge is 0.253 e. The Morgan fingerprint density at radius 2 is 1.61 bits per heavy atom. The van der Waals surface area contributed by atoms with Gasteiger partial charge in [-0.25, -0.2) is 0 Å². The summed E-state index contributed by atoms with van der Waals surface area (Å²) in [5, 5.41) is 4.46. The molecule has 1 N–H and O–H groups in total. The lowest BCUT2D eigenvalue weighted by atomic mass is 10.0. The number of halogens is 1. The Balaban J connectivity index is 1.23. The fourth-order valence-corrected chi connectivity index (χ4v) is 5.44. The van der Waals surface area contributed by atoms with E-state index in [2.05, 4.69) is 69.9 Å². The molecule has 6 heteroatoms. The highest BCUT2D eigenvalue weighted by Gasteiger charge is 2.33. The normalized spacial score (nSPS) is 19.3. The number of nitrogens with one attached hydrogen (secondary N) is 1. The zero-order valence-corrected chi connectivity index (χ0v) is 22.2. The van der Waals surface area contributed by atoms with E-state index in [0.717, 1.165) is 60.1 Å². The van der Waals surface area contributed by atoms with Crippen molar-refractivity contribution in [2.24, 2.45) is 0 Å². The summed E-state index contributed by atoms with van der Waals surface area (Å²) in [7, 11) is 0. The third-order valence-corrected chi connectivity index (χ3v) is 7.75. The van der Waals surface area contributed by atoms with E-state index < -0.39 is 0 Å². The van der Waals surface area contributed by atoms with E-state index in [-0.39, 0.29) is 12.1 Å². The van der Waals surface area contributed by atoms with Crippen molar-refractivity contribution in [2.45, 2.75) is 13.1 Å². The first kappa shape index (κ1) is 24.5. The first-order valence-corrected chi connectivity index (χ1v) is 13.5. The number of fused-ring (bicyclic) bond motifs is 1. The maximum absolute atomic E-state index is 13.0. The molecule has 3 aliphatic heterocycles. The lowest BCUT2D eigenvalue weighted by Crippen LogP contribution is -2.49. The zero-order chi connectivity index (χ0) is 26.1. The van der Waals surface area contributed by atoms with Crippen LogP contribution in [0.15, 0.2) is 103 Å². The molecule has 0 radical (unpaired) electrons. The molecule has 1 atom stereocenters. The van der Waals surface area contributed by atoms with Crippen LogP contribution in [-0.2, 0) is 0 Å². The molecule has 0 bridgehead atoms. The molecule has 38 heavy (non-hydrogen) atoms. The molecule has 5 nitrogen and oxygen atoms in total. The summed E-state index contributed by atoms with van der Waals surface area (Å²) in [4.78, 5) is 19.8. The quantitative estimate of drug-likeness (QED) is 0.472. The predicted octanol–water partition coefficient (Wildman–Crippen LogP) is 5.62. The van der Waals surface area contributed by atoms with Crippen LogP contribution in [-0.4, -0.2) is 59.5 Å². The molecule has 192 valence electrons. The number of hydrogen-bond acceptors (Lipinski definition) is 4. The number of amides is 1. The van der Waals surface area contributed by atoms with Crippen LogP contribution in [0.5, 0.6) is 0 Å². The van der Waals surface area contributed by atoms with Gasteiger partial charge in [0.25, 0.3) is 5.91 Å². The minimum atomic E-state index is 0.0625. The average Bonchev–Trinajstić information content (AvgIpc) is 3.32. The first-order valence-electron chi connectivity index (χ1n) is 13.1. The van der Waals surface area contributed by atoms with Crippen LogP contribution in [0, 0.1) is 6.92 Å². The van der Waals surface area contributed by atoms with Crippen LogP contribution in [0.25, 0.3) is 11.3 Å². The molecule has 3 aromatic rings. The summed E-state index contributed by atoms with van der Waals surface area (Å²) in [5.74, 6) is 0.116. The summed E-state index contributed by atoms with van der Waals surface area (Å²) in [6.45, 7) is 5.94. The predicted molar refractivity (Wildman–Crippen MR) is 154 cm³/mol. The second-order valence-corrected chi connectivity index (χ2v) is 10.5. The van der Waals surface area contributed by atoms with E-state index in [0.29, 0.717) is 0 Å². The van der Waals surface area contributed by atoms with Crippen molar-refractivity contribution in [1.29, 1.82) is 0 Å². The first-order chi connectivity index (χ1) is 18.5. The number of rotatable bonds is 5. The second kappa shape index (κ2) is 10.5. The number of aryl methyl sites for hydroxylation is 1. The van der Waals surface area contributed by atoms with Crippen molar-refractivity contribution in [3.63, 3.8) is 0 Å². The molecule has 0 spiro atoms. The highest BCUT2D eigenvalue weighted by molar-refractivity contribution is 6.30. The van der Waals surface area contributed by atoms with E-state index in [1.165, 1.54) is 16.8 Å². The van der Waals surface area contributed by atoms with Gasteiger partial charge in [0.1, 0.15) is 6.17 Å². The summed E-state index contributed by atoms with van der Waals surface area (Å²) >= 11 is 6.20. The summed E-state index contributed by atoms with van der Waals surface area (Å²) in [5.41, 5.74) is 7.79. The third kappa shape index (κ3) is 5.00. The molecular weight excluding hydrogens is 492 g/mol.